The minimum atomic E-state index is 0. The molecule has 0 bridgehead atoms. The molecule has 0 saturated heterocycles. The Morgan fingerprint density at radius 3 is 1.20 bits per heavy atom. The maximum Gasteiger partial charge on any atom is 0 e. The Labute approximate surface area is 80.7 Å². The molecule has 1 radical (unpaired) electrons. The van der Waals surface area contributed by atoms with Crippen molar-refractivity contribution in [1.29, 1.82) is 5.26 Å². The predicted octanol–water partition coefficient (Wildman–Crippen LogP) is 0.0889. The van der Waals surface area contributed by atoms with Crippen LogP contribution in [0.2, 0.25) is 0 Å². The van der Waals surface area contributed by atoms with Crippen molar-refractivity contribution < 1.29 is 69.9 Å². The van der Waals surface area contributed by atoms with Crippen molar-refractivity contribution in [1.82, 2.24) is 0 Å². The van der Waals surface area contributed by atoms with E-state index >= 15 is 0 Å². The minimum absolute atomic E-state index is 0. The zero-order valence-electron chi connectivity index (χ0n) is 2.39. The van der Waals surface area contributed by atoms with Crippen molar-refractivity contribution in [3.8, 4) is 0 Å². The van der Waals surface area contributed by atoms with Gasteiger partial charge >= 0.3 is 0 Å². The third-order valence-corrected chi connectivity index (χ3v) is 0. The maximum absolute atomic E-state index is 6.25. The van der Waals surface area contributed by atoms with Gasteiger partial charge in [-0.25, -0.2) is 0 Å². The molecule has 0 amide bonds. The number of nitrogens with zero attached hydrogens (tertiary/aromatic N) is 1. The molecule has 4 heteroatoms. The van der Waals surface area contributed by atoms with Crippen molar-refractivity contribution in [2.24, 2.45) is 0 Å². The molecule has 0 aliphatic rings. The Hall–Kier alpha value is 1.81. The van der Waals surface area contributed by atoms with Gasteiger partial charge in [-0.15, -0.1) is 0 Å². The van der Waals surface area contributed by atoms with Crippen molar-refractivity contribution in [2.75, 3.05) is 0 Å². The molecule has 0 aromatic carbocycles. The Balaban J connectivity index is -0.00000000167. The van der Waals surface area contributed by atoms with Gasteiger partial charge in [-0.3, -0.25) is 0 Å². The fourth-order valence-corrected chi connectivity index (χ4v) is 0. The van der Waals surface area contributed by atoms with E-state index in [1.165, 1.54) is 0 Å². The monoisotopic (exact) mass is 435 g/mol. The van der Waals surface area contributed by atoms with E-state index in [2.05, 4.69) is 0 Å². The summed E-state index contributed by atoms with van der Waals surface area (Å²) in [7, 11) is 0. The molecule has 1 nitrogen and oxygen atoms in total. The quantitative estimate of drug-likeness (QED) is 0.393. The van der Waals surface area contributed by atoms with Crippen LogP contribution < -0.4 is 0 Å². The van der Waals surface area contributed by atoms with Gasteiger partial charge in [0.05, 0.1) is 0 Å². The SMILES string of the molecule is [C-]#N.[Hf].[Ta].[Ti]. The summed E-state index contributed by atoms with van der Waals surface area (Å²) in [5.41, 5.74) is 0. The summed E-state index contributed by atoms with van der Waals surface area (Å²) in [4.78, 5) is 0. The van der Waals surface area contributed by atoms with Crippen LogP contribution >= 0.6 is 0 Å². The first-order chi connectivity index (χ1) is 1.00. The maximum atomic E-state index is 6.25. The van der Waals surface area contributed by atoms with E-state index < -0.39 is 0 Å². The third-order valence-electron chi connectivity index (χ3n) is 0. The summed E-state index contributed by atoms with van der Waals surface area (Å²) in [5.74, 6) is 0. The molecule has 0 heterocycles. The fraction of sp³-hybridized carbons (Fsp3) is 0. The van der Waals surface area contributed by atoms with Crippen molar-refractivity contribution >= 4 is 0 Å². The molecule has 0 saturated carbocycles. The summed E-state index contributed by atoms with van der Waals surface area (Å²) in [6.45, 7) is 4.75. The van der Waals surface area contributed by atoms with Crippen LogP contribution in [0.4, 0.5) is 0 Å². The predicted molar refractivity (Wildman–Crippen MR) is 4.97 cm³/mol. The second-order valence-electron chi connectivity index (χ2n) is 0. The van der Waals surface area contributed by atoms with Gasteiger partial charge in [0, 0.05) is 69.9 Å². The van der Waals surface area contributed by atoms with Crippen LogP contribution in [0, 0.1) is 11.8 Å². The largest absolute Gasteiger partial charge is 0.512 e. The topological polar surface area (TPSA) is 23.8 Å². The van der Waals surface area contributed by atoms with Crippen LogP contribution in [0.15, 0.2) is 0 Å². The van der Waals surface area contributed by atoms with Crippen LogP contribution in [0.25, 0.3) is 0 Å². The molecule has 5 heavy (non-hydrogen) atoms. The first-order valence-corrected chi connectivity index (χ1v) is 0.224. The van der Waals surface area contributed by atoms with Gasteiger partial charge in [0.25, 0.3) is 0 Å². The molecular formula is CHfNTaTi-. The summed E-state index contributed by atoms with van der Waals surface area (Å²) in [6.07, 6.45) is 0. The zero-order chi connectivity index (χ0) is 2.00. The van der Waals surface area contributed by atoms with Gasteiger partial charge in [0.15, 0.2) is 0 Å². The molecule has 0 aliphatic heterocycles. The summed E-state index contributed by atoms with van der Waals surface area (Å²) in [6, 6.07) is 0. The van der Waals surface area contributed by atoms with Crippen LogP contribution in [0.3, 0.4) is 0 Å². The van der Waals surface area contributed by atoms with Crippen molar-refractivity contribution in [3.63, 3.8) is 0 Å². The van der Waals surface area contributed by atoms with Crippen LogP contribution in [-0.4, -0.2) is 0 Å². The first kappa shape index (κ1) is 29.1. The van der Waals surface area contributed by atoms with Gasteiger partial charge < -0.3 is 11.8 Å². The molecule has 0 N–H and O–H groups in total. The zero-order valence-corrected chi connectivity index (χ0v) is 10.8. The van der Waals surface area contributed by atoms with E-state index in [0.29, 0.717) is 0 Å². The van der Waals surface area contributed by atoms with E-state index in [9.17, 15) is 0 Å². The molecule has 0 aromatic heterocycles. The second kappa shape index (κ2) is 40.9. The number of hydrogen-bond donors (Lipinski definition) is 0. The fourth-order valence-electron chi connectivity index (χ4n) is 0. The molecule has 0 aromatic rings. The summed E-state index contributed by atoms with van der Waals surface area (Å²) in [5, 5.41) is 6.25. The Bertz CT molecular complexity index is 16.4. The van der Waals surface area contributed by atoms with E-state index in [0.717, 1.165) is 0 Å². The van der Waals surface area contributed by atoms with Crippen LogP contribution in [0.5, 0.6) is 0 Å². The third kappa shape index (κ3) is 25.7. The van der Waals surface area contributed by atoms with E-state index in [1.807, 2.05) is 0 Å². The average Bonchev–Trinajstić information content (AvgIpc) is 1.00. The van der Waals surface area contributed by atoms with Crippen molar-refractivity contribution in [2.45, 2.75) is 0 Å². The Morgan fingerprint density at radius 2 is 1.20 bits per heavy atom. The van der Waals surface area contributed by atoms with Gasteiger partial charge in [-0.05, 0) is 0 Å². The normalized spacial score (nSPS) is 0.400. The van der Waals surface area contributed by atoms with Gasteiger partial charge in [-0.1, -0.05) is 0 Å². The van der Waals surface area contributed by atoms with Gasteiger partial charge in [0.1, 0.15) is 0 Å². The molecule has 0 spiro atoms. The summed E-state index contributed by atoms with van der Waals surface area (Å²) < 4.78 is 0. The number of hydrogen-bond acceptors (Lipinski definition) is 1. The van der Waals surface area contributed by atoms with E-state index in [4.69, 9.17) is 11.8 Å². The molecule has 0 fully saturated rings. The number of rotatable bonds is 0. The first-order valence-electron chi connectivity index (χ1n) is 0.224. The van der Waals surface area contributed by atoms with Gasteiger partial charge in [0.2, 0.25) is 0 Å². The minimum Gasteiger partial charge on any atom is -0.512 e. The smallest absolute Gasteiger partial charge is 0 e. The molecule has 0 unspecified atom stereocenters. The molecule has 0 rings (SSSR count). The average molecular weight is 433 g/mol. The molecule has 0 aliphatic carbocycles. The van der Waals surface area contributed by atoms with Gasteiger partial charge in [-0.2, -0.15) is 0 Å². The molecule has 23 valence electrons. The van der Waals surface area contributed by atoms with Crippen LogP contribution in [-0.2, 0) is 69.9 Å². The Morgan fingerprint density at radius 1 is 1.20 bits per heavy atom. The van der Waals surface area contributed by atoms with E-state index in [-0.39, 0.29) is 69.9 Å². The molecular weight excluding hydrogens is 433 g/mol. The van der Waals surface area contributed by atoms with Crippen LogP contribution in [0.1, 0.15) is 0 Å². The standard InChI is InChI=1S/CN.Hf.Ta.Ti/c1-2;;;/q-1;;;. The second-order valence-corrected chi connectivity index (χ2v) is 0. The van der Waals surface area contributed by atoms with E-state index in [1.54, 1.807) is 0 Å². The van der Waals surface area contributed by atoms with Crippen molar-refractivity contribution in [3.05, 3.63) is 6.57 Å². The molecule has 0 atom stereocenters. The Kier molecular flexibility index (Phi) is 238. The summed E-state index contributed by atoms with van der Waals surface area (Å²) >= 11 is 0.